The van der Waals surface area contributed by atoms with E-state index in [0.29, 0.717) is 18.1 Å². The minimum Gasteiger partial charge on any atom is -0.491 e. The van der Waals surface area contributed by atoms with Gasteiger partial charge in [-0.3, -0.25) is 4.79 Å². The van der Waals surface area contributed by atoms with Gasteiger partial charge in [0.1, 0.15) is 0 Å². The average molecular weight is 384 g/mol. The summed E-state index contributed by atoms with van der Waals surface area (Å²) in [4.78, 5) is 20.4. The molecule has 2 heterocycles. The van der Waals surface area contributed by atoms with Crippen LogP contribution >= 0.6 is 0 Å². The van der Waals surface area contributed by atoms with Crippen molar-refractivity contribution in [2.75, 3.05) is 14.2 Å². The molecule has 29 heavy (non-hydrogen) atoms. The number of allylic oxidation sites excluding steroid dienone is 1. The number of benzene rings is 2. The number of aromatic nitrogens is 2. The molecule has 2 aromatic heterocycles. The van der Waals surface area contributed by atoms with E-state index in [2.05, 4.69) is 9.97 Å². The number of nitrogens with zero attached hydrogens (tertiary/aromatic N) is 2. The van der Waals surface area contributed by atoms with Crippen molar-refractivity contribution in [3.05, 3.63) is 78.0 Å². The van der Waals surface area contributed by atoms with Crippen molar-refractivity contribution < 1.29 is 14.3 Å². The van der Waals surface area contributed by atoms with Crippen molar-refractivity contribution in [1.82, 2.24) is 9.97 Å². The number of ether oxygens (including phenoxy) is 2. The Bertz CT molecular complexity index is 1190. The van der Waals surface area contributed by atoms with Gasteiger partial charge in [-0.1, -0.05) is 42.5 Å². The number of rotatable bonds is 2. The van der Waals surface area contributed by atoms with Crippen molar-refractivity contribution in [2.45, 2.75) is 6.42 Å². The third-order valence-electron chi connectivity index (χ3n) is 4.70. The van der Waals surface area contributed by atoms with Crippen LogP contribution in [0, 0.1) is 0 Å². The van der Waals surface area contributed by atoms with E-state index >= 15 is 0 Å². The molecule has 0 bridgehead atoms. The van der Waals surface area contributed by atoms with Gasteiger partial charge in [0.05, 0.1) is 30.9 Å². The normalized spacial score (nSPS) is 12.3. The number of carbonyl (C=O) groups excluding carboxylic acids is 1. The minimum absolute atomic E-state index is 0.158. The first-order chi connectivity index (χ1) is 14.2. The van der Waals surface area contributed by atoms with Crippen LogP contribution in [0.1, 0.15) is 22.5 Å². The molecule has 5 nitrogen and oxygen atoms in total. The molecule has 0 unspecified atom stereocenters. The first-order valence-electron chi connectivity index (χ1n) is 9.27. The maximum Gasteiger partial charge on any atom is 0.257 e. The molecule has 0 radical (unpaired) electrons. The molecular formula is C24H20N2O3. The summed E-state index contributed by atoms with van der Waals surface area (Å²) in [5.74, 6) is 1.34. The number of hydrogen-bond acceptors (Lipinski definition) is 5. The van der Waals surface area contributed by atoms with Crippen molar-refractivity contribution in [2.24, 2.45) is 0 Å². The third kappa shape index (κ3) is 3.80. The van der Waals surface area contributed by atoms with Gasteiger partial charge in [-0.25, -0.2) is 9.97 Å². The first-order valence-corrected chi connectivity index (χ1v) is 9.27. The summed E-state index contributed by atoms with van der Waals surface area (Å²) in [6.45, 7) is 0. The van der Waals surface area contributed by atoms with Crippen molar-refractivity contribution in [1.29, 1.82) is 0 Å². The van der Waals surface area contributed by atoms with E-state index in [1.807, 2.05) is 72.8 Å². The van der Waals surface area contributed by atoms with Gasteiger partial charge >= 0.3 is 0 Å². The molecule has 5 heteroatoms. The largest absolute Gasteiger partial charge is 0.491 e. The topological polar surface area (TPSA) is 61.3 Å². The zero-order chi connectivity index (χ0) is 20.2. The second-order valence-electron chi connectivity index (χ2n) is 6.54. The van der Waals surface area contributed by atoms with Gasteiger partial charge in [0.2, 0.25) is 0 Å². The molecule has 0 atom stereocenters. The SMILES string of the molecule is COc1cc2ccccc2nc1OC.O=C1CC=Cc2nc3ccccc3cc21. The number of fused-ring (bicyclic) bond motifs is 3. The Labute approximate surface area is 168 Å². The van der Waals surface area contributed by atoms with Gasteiger partial charge in [-0.05, 0) is 30.3 Å². The summed E-state index contributed by atoms with van der Waals surface area (Å²) in [6, 6.07) is 19.6. The Kier molecular flexibility index (Phi) is 5.20. The monoisotopic (exact) mass is 384 g/mol. The molecule has 144 valence electrons. The molecule has 1 aliphatic rings. The Hall–Kier alpha value is -3.73. The van der Waals surface area contributed by atoms with E-state index < -0.39 is 0 Å². The molecule has 0 aliphatic heterocycles. The molecule has 5 rings (SSSR count). The van der Waals surface area contributed by atoms with Crippen molar-refractivity contribution >= 4 is 33.7 Å². The lowest BCUT2D eigenvalue weighted by molar-refractivity contribution is 0.0994. The summed E-state index contributed by atoms with van der Waals surface area (Å²) in [5.41, 5.74) is 3.39. The van der Waals surface area contributed by atoms with Crippen LogP contribution in [0.5, 0.6) is 11.6 Å². The highest BCUT2D eigenvalue weighted by molar-refractivity contribution is 6.04. The predicted octanol–water partition coefficient (Wildman–Crippen LogP) is 5.09. The number of carbonyl (C=O) groups is 1. The number of hydrogen-bond donors (Lipinski definition) is 0. The molecule has 0 fully saturated rings. The highest BCUT2D eigenvalue weighted by Gasteiger charge is 2.14. The summed E-state index contributed by atoms with van der Waals surface area (Å²) in [7, 11) is 3.19. The van der Waals surface area contributed by atoms with Gasteiger partial charge in [-0.15, -0.1) is 0 Å². The van der Waals surface area contributed by atoms with E-state index in [-0.39, 0.29) is 5.78 Å². The van der Waals surface area contributed by atoms with Gasteiger partial charge in [0.15, 0.2) is 11.5 Å². The summed E-state index contributed by atoms with van der Waals surface area (Å²) < 4.78 is 10.3. The molecule has 0 amide bonds. The molecule has 0 saturated heterocycles. The van der Waals surface area contributed by atoms with E-state index in [0.717, 1.165) is 33.1 Å². The number of methoxy groups -OCH3 is 2. The Morgan fingerprint density at radius 1 is 0.828 bits per heavy atom. The zero-order valence-corrected chi connectivity index (χ0v) is 16.3. The van der Waals surface area contributed by atoms with Crippen LogP contribution in [0.2, 0.25) is 0 Å². The van der Waals surface area contributed by atoms with E-state index in [9.17, 15) is 4.79 Å². The Balaban J connectivity index is 0.000000142. The predicted molar refractivity (Wildman–Crippen MR) is 115 cm³/mol. The molecule has 0 spiro atoms. The standard InChI is InChI=1S/C13H9NO.C11H11NO2/c15-13-7-3-6-12-10(13)8-9-4-1-2-5-11(9)14-12;1-13-10-7-8-5-3-4-6-9(8)12-11(10)14-2/h1-6,8H,7H2;3-7H,1-2H3. The number of pyridine rings is 2. The first kappa shape index (κ1) is 18.6. The fourth-order valence-electron chi connectivity index (χ4n) is 3.24. The fraction of sp³-hybridized carbons (Fsp3) is 0.125. The van der Waals surface area contributed by atoms with Gasteiger partial charge in [0.25, 0.3) is 5.88 Å². The van der Waals surface area contributed by atoms with Crippen LogP contribution in [-0.2, 0) is 0 Å². The highest BCUT2D eigenvalue weighted by atomic mass is 16.5. The summed E-state index contributed by atoms with van der Waals surface area (Å²) in [6.07, 6.45) is 4.28. The van der Waals surface area contributed by atoms with Crippen LogP contribution in [0.3, 0.4) is 0 Å². The van der Waals surface area contributed by atoms with Crippen LogP contribution < -0.4 is 9.47 Å². The van der Waals surface area contributed by atoms with E-state index in [1.54, 1.807) is 14.2 Å². The van der Waals surface area contributed by atoms with Crippen molar-refractivity contribution in [3.8, 4) is 11.6 Å². The van der Waals surface area contributed by atoms with E-state index in [1.165, 1.54) is 0 Å². The maximum absolute atomic E-state index is 11.6. The number of ketones is 1. The maximum atomic E-state index is 11.6. The fourth-order valence-corrected chi connectivity index (χ4v) is 3.24. The molecule has 2 aromatic carbocycles. The summed E-state index contributed by atoms with van der Waals surface area (Å²) in [5, 5.41) is 2.07. The Morgan fingerprint density at radius 3 is 2.17 bits per heavy atom. The Morgan fingerprint density at radius 2 is 1.48 bits per heavy atom. The smallest absolute Gasteiger partial charge is 0.257 e. The van der Waals surface area contributed by atoms with Gasteiger partial charge in [-0.2, -0.15) is 0 Å². The van der Waals surface area contributed by atoms with Crippen LogP contribution in [0.25, 0.3) is 27.9 Å². The van der Waals surface area contributed by atoms with Crippen LogP contribution in [-0.4, -0.2) is 30.0 Å². The third-order valence-corrected chi connectivity index (χ3v) is 4.70. The lowest BCUT2D eigenvalue weighted by atomic mass is 9.99. The highest BCUT2D eigenvalue weighted by Crippen LogP contribution is 2.28. The minimum atomic E-state index is 0.158. The second-order valence-corrected chi connectivity index (χ2v) is 6.54. The van der Waals surface area contributed by atoms with E-state index in [4.69, 9.17) is 9.47 Å². The number of para-hydroxylation sites is 2. The molecule has 0 saturated carbocycles. The zero-order valence-electron chi connectivity index (χ0n) is 16.3. The number of Topliss-reactive ketones (excluding diaryl/α,β-unsaturated/α-hetero) is 1. The van der Waals surface area contributed by atoms with Crippen LogP contribution in [0.4, 0.5) is 0 Å². The average Bonchev–Trinajstić information content (AvgIpc) is 2.77. The molecule has 4 aromatic rings. The lowest BCUT2D eigenvalue weighted by Crippen LogP contribution is -2.06. The van der Waals surface area contributed by atoms with Crippen molar-refractivity contribution in [3.63, 3.8) is 0 Å². The lowest BCUT2D eigenvalue weighted by Gasteiger charge is -2.09. The second kappa shape index (κ2) is 8.10. The quantitative estimate of drug-likeness (QED) is 0.482. The van der Waals surface area contributed by atoms with Gasteiger partial charge in [0, 0.05) is 22.8 Å². The van der Waals surface area contributed by atoms with Gasteiger partial charge < -0.3 is 9.47 Å². The molecule has 1 aliphatic carbocycles. The molecule has 0 N–H and O–H groups in total. The molecular weight excluding hydrogens is 364 g/mol. The van der Waals surface area contributed by atoms with Crippen LogP contribution in [0.15, 0.2) is 66.7 Å². The summed E-state index contributed by atoms with van der Waals surface area (Å²) >= 11 is 0.